The summed E-state index contributed by atoms with van der Waals surface area (Å²) >= 11 is 5.86. The molecule has 5 nitrogen and oxygen atoms in total. The Morgan fingerprint density at radius 3 is 2.38 bits per heavy atom. The predicted octanol–water partition coefficient (Wildman–Crippen LogP) is 4.17. The van der Waals surface area contributed by atoms with E-state index in [1.54, 1.807) is 24.3 Å². The number of hydrogen-bond acceptors (Lipinski definition) is 3. The van der Waals surface area contributed by atoms with E-state index in [0.717, 1.165) is 5.56 Å². The van der Waals surface area contributed by atoms with Crippen molar-refractivity contribution in [3.63, 3.8) is 0 Å². The molecular weight excluding hydrogens is 354 g/mol. The van der Waals surface area contributed by atoms with Gasteiger partial charge in [-0.25, -0.2) is 0 Å². The highest BCUT2D eigenvalue weighted by Gasteiger charge is 2.19. The van der Waals surface area contributed by atoms with Crippen LogP contribution in [0.15, 0.2) is 48.5 Å². The van der Waals surface area contributed by atoms with Crippen molar-refractivity contribution >= 4 is 23.5 Å². The molecule has 0 aliphatic heterocycles. The number of rotatable bonds is 8. The molecule has 0 aliphatic rings. The van der Waals surface area contributed by atoms with Crippen LogP contribution in [0.1, 0.15) is 43.4 Å². The average molecular weight is 376 g/mol. The second-order valence-corrected chi connectivity index (χ2v) is 6.69. The number of carbonyl (C=O) groups excluding carboxylic acids is 1. The maximum absolute atomic E-state index is 12.3. The van der Waals surface area contributed by atoms with Gasteiger partial charge in [0, 0.05) is 5.02 Å². The average Bonchev–Trinajstić information content (AvgIpc) is 2.60. The summed E-state index contributed by atoms with van der Waals surface area (Å²) in [7, 11) is 0. The SMILES string of the molecule is CC(C)c1ccccc1OCC(=O)N[C@@H](CC(=O)O)c1ccc(Cl)cc1. The number of carboxylic acids is 1. The van der Waals surface area contributed by atoms with Gasteiger partial charge in [-0.15, -0.1) is 0 Å². The molecule has 0 aliphatic carbocycles. The predicted molar refractivity (Wildman–Crippen MR) is 101 cm³/mol. The van der Waals surface area contributed by atoms with Crippen LogP contribution < -0.4 is 10.1 Å². The summed E-state index contributed by atoms with van der Waals surface area (Å²) in [6.45, 7) is 3.91. The Labute approximate surface area is 157 Å². The quantitative estimate of drug-likeness (QED) is 0.725. The first kappa shape index (κ1) is 19.8. The maximum Gasteiger partial charge on any atom is 0.305 e. The molecule has 0 unspecified atom stereocenters. The normalized spacial score (nSPS) is 11.8. The van der Waals surface area contributed by atoms with Crippen LogP contribution in [0.25, 0.3) is 0 Å². The van der Waals surface area contributed by atoms with Crippen LogP contribution in [0.2, 0.25) is 5.02 Å². The van der Waals surface area contributed by atoms with Gasteiger partial charge in [0.05, 0.1) is 12.5 Å². The molecule has 138 valence electrons. The first-order chi connectivity index (χ1) is 12.4. The van der Waals surface area contributed by atoms with Gasteiger partial charge in [0.15, 0.2) is 6.61 Å². The fourth-order valence-electron chi connectivity index (χ4n) is 2.59. The molecule has 0 heterocycles. The smallest absolute Gasteiger partial charge is 0.305 e. The lowest BCUT2D eigenvalue weighted by molar-refractivity contribution is -0.137. The van der Waals surface area contributed by atoms with Crippen LogP contribution in [0, 0.1) is 0 Å². The summed E-state index contributed by atoms with van der Waals surface area (Å²) in [6, 6.07) is 13.6. The third kappa shape index (κ3) is 5.77. The molecular formula is C20H22ClNO4. The van der Waals surface area contributed by atoms with Crippen molar-refractivity contribution < 1.29 is 19.4 Å². The second-order valence-electron chi connectivity index (χ2n) is 6.25. The molecule has 0 saturated carbocycles. The highest BCUT2D eigenvalue weighted by Crippen LogP contribution is 2.26. The summed E-state index contributed by atoms with van der Waals surface area (Å²) in [5, 5.41) is 12.4. The van der Waals surface area contributed by atoms with Gasteiger partial charge in [-0.05, 0) is 35.2 Å². The van der Waals surface area contributed by atoms with E-state index in [1.807, 2.05) is 38.1 Å². The Morgan fingerprint density at radius 2 is 1.77 bits per heavy atom. The summed E-state index contributed by atoms with van der Waals surface area (Å²) in [5.74, 6) is -0.469. The minimum Gasteiger partial charge on any atom is -0.483 e. The van der Waals surface area contributed by atoms with Gasteiger partial charge in [0.1, 0.15) is 5.75 Å². The van der Waals surface area contributed by atoms with Crippen molar-refractivity contribution in [3.05, 3.63) is 64.7 Å². The number of benzene rings is 2. The molecule has 2 aromatic rings. The van der Waals surface area contributed by atoms with Crippen LogP contribution in [0.3, 0.4) is 0 Å². The number of nitrogens with one attached hydrogen (secondary N) is 1. The van der Waals surface area contributed by atoms with E-state index in [4.69, 9.17) is 21.4 Å². The molecule has 2 rings (SSSR count). The molecule has 2 aromatic carbocycles. The van der Waals surface area contributed by atoms with Gasteiger partial charge in [-0.3, -0.25) is 9.59 Å². The van der Waals surface area contributed by atoms with Crippen molar-refractivity contribution in [1.29, 1.82) is 0 Å². The van der Waals surface area contributed by atoms with Crippen molar-refractivity contribution in [2.24, 2.45) is 0 Å². The summed E-state index contributed by atoms with van der Waals surface area (Å²) in [5.41, 5.74) is 1.69. The van der Waals surface area contributed by atoms with E-state index in [1.165, 1.54) is 0 Å². The van der Waals surface area contributed by atoms with E-state index in [0.29, 0.717) is 16.3 Å². The van der Waals surface area contributed by atoms with Crippen molar-refractivity contribution in [3.8, 4) is 5.75 Å². The molecule has 0 saturated heterocycles. The molecule has 26 heavy (non-hydrogen) atoms. The number of ether oxygens (including phenoxy) is 1. The highest BCUT2D eigenvalue weighted by atomic mass is 35.5. The van der Waals surface area contributed by atoms with Gasteiger partial charge in [-0.1, -0.05) is 55.8 Å². The molecule has 1 amide bonds. The largest absolute Gasteiger partial charge is 0.483 e. The molecule has 0 spiro atoms. The summed E-state index contributed by atoms with van der Waals surface area (Å²) in [6.07, 6.45) is -0.226. The standard InChI is InChI=1S/C20H22ClNO4/c1-13(2)16-5-3-4-6-18(16)26-12-19(23)22-17(11-20(24)25)14-7-9-15(21)10-8-14/h3-10,13,17H,11-12H2,1-2H3,(H,22,23)(H,24,25)/t17-/m0/s1. The lowest BCUT2D eigenvalue weighted by Gasteiger charge is -2.19. The Morgan fingerprint density at radius 1 is 1.12 bits per heavy atom. The fraction of sp³-hybridized carbons (Fsp3) is 0.300. The second kappa shape index (κ2) is 9.25. The third-order valence-corrected chi connectivity index (χ3v) is 4.14. The van der Waals surface area contributed by atoms with Gasteiger partial charge < -0.3 is 15.2 Å². The Balaban J connectivity index is 2.03. The first-order valence-corrected chi connectivity index (χ1v) is 8.73. The van der Waals surface area contributed by atoms with Crippen LogP contribution in [0.5, 0.6) is 5.75 Å². The zero-order chi connectivity index (χ0) is 19.1. The van der Waals surface area contributed by atoms with Crippen molar-refractivity contribution in [2.75, 3.05) is 6.61 Å². The minimum absolute atomic E-state index is 0.187. The van der Waals surface area contributed by atoms with Crippen LogP contribution in [-0.4, -0.2) is 23.6 Å². The lowest BCUT2D eigenvalue weighted by atomic mass is 10.0. The van der Waals surface area contributed by atoms with E-state index < -0.39 is 12.0 Å². The Bertz CT molecular complexity index is 759. The third-order valence-electron chi connectivity index (χ3n) is 3.89. The number of aliphatic carboxylic acids is 1. The van der Waals surface area contributed by atoms with Gasteiger partial charge in [0.25, 0.3) is 5.91 Å². The molecule has 0 radical (unpaired) electrons. The molecule has 2 N–H and O–H groups in total. The lowest BCUT2D eigenvalue weighted by Crippen LogP contribution is -2.34. The monoisotopic (exact) mass is 375 g/mol. The van der Waals surface area contributed by atoms with Gasteiger partial charge in [0.2, 0.25) is 0 Å². The van der Waals surface area contributed by atoms with Crippen LogP contribution >= 0.6 is 11.6 Å². The van der Waals surface area contributed by atoms with E-state index in [2.05, 4.69) is 5.32 Å². The molecule has 0 aromatic heterocycles. The Kier molecular flexibility index (Phi) is 7.04. The first-order valence-electron chi connectivity index (χ1n) is 8.35. The van der Waals surface area contributed by atoms with E-state index in [-0.39, 0.29) is 24.9 Å². The number of hydrogen-bond donors (Lipinski definition) is 2. The maximum atomic E-state index is 12.3. The molecule has 0 fully saturated rings. The van der Waals surface area contributed by atoms with Gasteiger partial charge >= 0.3 is 5.97 Å². The van der Waals surface area contributed by atoms with Crippen LogP contribution in [-0.2, 0) is 9.59 Å². The number of para-hydroxylation sites is 1. The summed E-state index contributed by atoms with van der Waals surface area (Å²) in [4.78, 5) is 23.4. The minimum atomic E-state index is -1.00. The van der Waals surface area contributed by atoms with Gasteiger partial charge in [-0.2, -0.15) is 0 Å². The number of carbonyl (C=O) groups is 2. The zero-order valence-corrected chi connectivity index (χ0v) is 15.5. The van der Waals surface area contributed by atoms with E-state index >= 15 is 0 Å². The number of amides is 1. The number of carboxylic acid groups (broad SMARTS) is 1. The summed E-state index contributed by atoms with van der Waals surface area (Å²) < 4.78 is 5.64. The van der Waals surface area contributed by atoms with Crippen LogP contribution in [0.4, 0.5) is 0 Å². The zero-order valence-electron chi connectivity index (χ0n) is 14.7. The fourth-order valence-corrected chi connectivity index (χ4v) is 2.72. The van der Waals surface area contributed by atoms with E-state index in [9.17, 15) is 9.59 Å². The van der Waals surface area contributed by atoms with Crippen molar-refractivity contribution in [2.45, 2.75) is 32.2 Å². The molecule has 0 bridgehead atoms. The van der Waals surface area contributed by atoms with Crippen molar-refractivity contribution in [1.82, 2.24) is 5.32 Å². The highest BCUT2D eigenvalue weighted by molar-refractivity contribution is 6.30. The topological polar surface area (TPSA) is 75.6 Å². The molecule has 6 heteroatoms. The number of halogens is 1. The molecule has 1 atom stereocenters. The Hall–Kier alpha value is -2.53.